The average molecular weight is 444 g/mol. The molecule has 1 atom stereocenters. The summed E-state index contributed by atoms with van der Waals surface area (Å²) in [4.78, 5) is 41.2. The Hall–Kier alpha value is -2.41. The maximum atomic E-state index is 13.2. The van der Waals surface area contributed by atoms with Crippen molar-refractivity contribution in [3.63, 3.8) is 0 Å². The third kappa shape index (κ3) is 6.29. The first kappa shape index (κ1) is 23.3. The largest absolute Gasteiger partial charge is 0.352 e. The van der Waals surface area contributed by atoms with Crippen LogP contribution < -0.4 is 10.7 Å². The number of aromatic nitrogens is 1. The smallest absolute Gasteiger partial charge is 0.259 e. The van der Waals surface area contributed by atoms with Crippen molar-refractivity contribution in [1.29, 1.82) is 0 Å². The summed E-state index contributed by atoms with van der Waals surface area (Å²) in [6, 6.07) is 1.91. The first-order valence-corrected chi connectivity index (χ1v) is 12.1. The van der Waals surface area contributed by atoms with Crippen LogP contribution in [0.1, 0.15) is 72.7 Å². The summed E-state index contributed by atoms with van der Waals surface area (Å²) in [6.07, 6.45) is 8.02. The molecule has 1 N–H and O–H groups in total. The van der Waals surface area contributed by atoms with Crippen LogP contribution in [-0.4, -0.2) is 40.4 Å². The first-order valence-electron chi connectivity index (χ1n) is 11.2. The highest BCUT2D eigenvalue weighted by Gasteiger charge is 2.24. The number of amides is 2. The summed E-state index contributed by atoms with van der Waals surface area (Å²) in [5.41, 5.74) is 0.814. The molecule has 1 fully saturated rings. The predicted molar refractivity (Wildman–Crippen MR) is 125 cm³/mol. The lowest BCUT2D eigenvalue weighted by Crippen LogP contribution is -2.40. The van der Waals surface area contributed by atoms with Crippen molar-refractivity contribution in [3.8, 4) is 0 Å². The van der Waals surface area contributed by atoms with Gasteiger partial charge in [0.2, 0.25) is 5.43 Å². The maximum absolute atomic E-state index is 13.2. The van der Waals surface area contributed by atoms with Crippen LogP contribution in [0.3, 0.4) is 0 Å². The van der Waals surface area contributed by atoms with Gasteiger partial charge < -0.3 is 14.8 Å². The third-order valence-corrected chi connectivity index (χ3v) is 6.25. The standard InChI is InChI=1S/C24H33N3O3S/c1-17(2)13-26-14-20(23(29)25-18(3)12-19-8-11-31-16-19)22(28)21(15-26)24(30)27-9-6-4-5-7-10-27/h8,11,14-18H,4-7,9-10,12-13H2,1-3H3,(H,25,29). The number of likely N-dealkylation sites (tertiary alicyclic amines) is 1. The van der Waals surface area contributed by atoms with Crippen LogP contribution in [0.25, 0.3) is 0 Å². The highest BCUT2D eigenvalue weighted by molar-refractivity contribution is 7.07. The number of hydrogen-bond donors (Lipinski definition) is 1. The van der Waals surface area contributed by atoms with Gasteiger partial charge in [-0.25, -0.2) is 0 Å². The molecule has 6 nitrogen and oxygen atoms in total. The Morgan fingerprint density at radius 1 is 1.06 bits per heavy atom. The minimum Gasteiger partial charge on any atom is -0.352 e. The average Bonchev–Trinajstić information content (AvgIpc) is 3.06. The minimum atomic E-state index is -0.477. The number of hydrogen-bond acceptors (Lipinski definition) is 4. The molecule has 0 spiro atoms. The van der Waals surface area contributed by atoms with Crippen molar-refractivity contribution >= 4 is 23.2 Å². The van der Waals surface area contributed by atoms with Crippen LogP contribution in [0, 0.1) is 5.92 Å². The molecule has 7 heteroatoms. The Labute approximate surface area is 188 Å². The SMILES string of the molecule is CC(C)Cn1cc(C(=O)NC(C)Cc2ccsc2)c(=O)c(C(=O)N2CCCCCC2)c1. The van der Waals surface area contributed by atoms with E-state index in [0.717, 1.165) is 31.2 Å². The highest BCUT2D eigenvalue weighted by atomic mass is 32.1. The van der Waals surface area contributed by atoms with E-state index in [0.29, 0.717) is 32.0 Å². The van der Waals surface area contributed by atoms with E-state index < -0.39 is 11.3 Å². The van der Waals surface area contributed by atoms with Gasteiger partial charge in [0, 0.05) is 38.1 Å². The molecule has 0 aliphatic carbocycles. The van der Waals surface area contributed by atoms with Crippen LogP contribution in [-0.2, 0) is 13.0 Å². The number of thiophene rings is 1. The molecule has 1 unspecified atom stereocenters. The summed E-state index contributed by atoms with van der Waals surface area (Å²) in [5.74, 6) is -0.363. The third-order valence-electron chi connectivity index (χ3n) is 5.52. The molecule has 2 amide bonds. The van der Waals surface area contributed by atoms with Crippen molar-refractivity contribution in [3.05, 3.63) is 56.1 Å². The fourth-order valence-corrected chi connectivity index (χ4v) is 4.71. The normalized spacial score (nSPS) is 15.5. The molecular formula is C24H33N3O3S. The van der Waals surface area contributed by atoms with Crippen LogP contribution in [0.5, 0.6) is 0 Å². The van der Waals surface area contributed by atoms with Gasteiger partial charge in [-0.1, -0.05) is 26.7 Å². The number of rotatable bonds is 7. The van der Waals surface area contributed by atoms with Gasteiger partial charge in [0.25, 0.3) is 11.8 Å². The molecule has 3 heterocycles. The van der Waals surface area contributed by atoms with Gasteiger partial charge in [-0.2, -0.15) is 11.3 Å². The Morgan fingerprint density at radius 3 is 2.35 bits per heavy atom. The predicted octanol–water partition coefficient (Wildman–Crippen LogP) is 3.94. The number of carbonyl (C=O) groups excluding carboxylic acids is 2. The van der Waals surface area contributed by atoms with E-state index in [1.807, 2.05) is 22.9 Å². The molecule has 1 aliphatic rings. The number of pyridine rings is 1. The molecule has 0 saturated carbocycles. The molecule has 1 saturated heterocycles. The van der Waals surface area contributed by atoms with Gasteiger partial charge in [0.05, 0.1) is 0 Å². The van der Waals surface area contributed by atoms with Gasteiger partial charge in [0.15, 0.2) is 0 Å². The zero-order valence-electron chi connectivity index (χ0n) is 18.7. The molecule has 3 rings (SSSR count). The van der Waals surface area contributed by atoms with Crippen molar-refractivity contribution < 1.29 is 9.59 Å². The van der Waals surface area contributed by atoms with E-state index in [9.17, 15) is 14.4 Å². The summed E-state index contributed by atoms with van der Waals surface area (Å²) in [6.45, 7) is 8.01. The topological polar surface area (TPSA) is 71.4 Å². The molecular weight excluding hydrogens is 410 g/mol. The second kappa shape index (κ2) is 10.8. The molecule has 0 aromatic carbocycles. The second-order valence-corrected chi connectivity index (χ2v) is 9.70. The Bertz CT molecular complexity index is 941. The van der Waals surface area contributed by atoms with E-state index in [1.165, 1.54) is 0 Å². The van der Waals surface area contributed by atoms with Crippen LogP contribution in [0.4, 0.5) is 0 Å². The molecule has 0 bridgehead atoms. The minimum absolute atomic E-state index is 0.0403. The fourth-order valence-electron chi connectivity index (χ4n) is 4.03. The Kier molecular flexibility index (Phi) is 8.07. The molecule has 168 valence electrons. The summed E-state index contributed by atoms with van der Waals surface area (Å²) in [5, 5.41) is 7.00. The molecule has 2 aromatic rings. The number of carbonyl (C=O) groups is 2. The summed E-state index contributed by atoms with van der Waals surface area (Å²) >= 11 is 1.62. The molecule has 1 aliphatic heterocycles. The lowest BCUT2D eigenvalue weighted by Gasteiger charge is -2.21. The van der Waals surface area contributed by atoms with E-state index in [4.69, 9.17) is 0 Å². The fraction of sp³-hybridized carbons (Fsp3) is 0.542. The monoisotopic (exact) mass is 443 g/mol. The van der Waals surface area contributed by atoms with Gasteiger partial charge in [-0.05, 0) is 54.5 Å². The lowest BCUT2D eigenvalue weighted by molar-refractivity contribution is 0.0759. The molecule has 31 heavy (non-hydrogen) atoms. The van der Waals surface area contributed by atoms with Crippen LogP contribution in [0.2, 0.25) is 0 Å². The molecule has 2 aromatic heterocycles. The molecule has 0 radical (unpaired) electrons. The number of nitrogens with one attached hydrogen (secondary N) is 1. The summed E-state index contributed by atoms with van der Waals surface area (Å²) < 4.78 is 1.82. The van der Waals surface area contributed by atoms with E-state index >= 15 is 0 Å². The van der Waals surface area contributed by atoms with Gasteiger partial charge >= 0.3 is 0 Å². The Morgan fingerprint density at radius 2 is 1.74 bits per heavy atom. The van der Waals surface area contributed by atoms with E-state index in [-0.39, 0.29) is 23.1 Å². The van der Waals surface area contributed by atoms with Crippen molar-refractivity contribution in [2.75, 3.05) is 13.1 Å². The van der Waals surface area contributed by atoms with Crippen LogP contribution in [0.15, 0.2) is 34.0 Å². The quantitative estimate of drug-likeness (QED) is 0.704. The van der Waals surface area contributed by atoms with Gasteiger partial charge in [-0.15, -0.1) is 0 Å². The zero-order chi connectivity index (χ0) is 22.4. The second-order valence-electron chi connectivity index (χ2n) is 8.92. The van der Waals surface area contributed by atoms with Crippen molar-refractivity contribution in [2.24, 2.45) is 5.92 Å². The highest BCUT2D eigenvalue weighted by Crippen LogP contribution is 2.14. The van der Waals surface area contributed by atoms with Crippen LogP contribution >= 0.6 is 11.3 Å². The lowest BCUT2D eigenvalue weighted by atomic mass is 10.1. The van der Waals surface area contributed by atoms with E-state index in [2.05, 4.69) is 24.5 Å². The summed E-state index contributed by atoms with van der Waals surface area (Å²) in [7, 11) is 0. The maximum Gasteiger partial charge on any atom is 0.259 e. The van der Waals surface area contributed by atoms with E-state index in [1.54, 1.807) is 28.6 Å². The Balaban J connectivity index is 1.87. The number of nitrogens with zero attached hydrogens (tertiary/aromatic N) is 2. The van der Waals surface area contributed by atoms with Gasteiger partial charge in [0.1, 0.15) is 11.1 Å². The zero-order valence-corrected chi connectivity index (χ0v) is 19.5. The first-order chi connectivity index (χ1) is 14.8. The van der Waals surface area contributed by atoms with Crippen molar-refractivity contribution in [2.45, 2.75) is 65.5 Å². The van der Waals surface area contributed by atoms with Crippen molar-refractivity contribution in [1.82, 2.24) is 14.8 Å². The van der Waals surface area contributed by atoms with Gasteiger partial charge in [-0.3, -0.25) is 14.4 Å².